The number of rotatable bonds is 11. The number of ether oxygens (including phenoxy) is 2. The number of halogens is 2. The van der Waals surface area contributed by atoms with Crippen LogP contribution in [0.1, 0.15) is 60.3 Å². The van der Waals surface area contributed by atoms with Crippen LogP contribution in [0.5, 0.6) is 11.5 Å². The summed E-state index contributed by atoms with van der Waals surface area (Å²) in [5.74, 6) is -1.10. The summed E-state index contributed by atoms with van der Waals surface area (Å²) in [5, 5.41) is 20.6. The van der Waals surface area contributed by atoms with Crippen molar-refractivity contribution in [1.29, 1.82) is 0 Å². The summed E-state index contributed by atoms with van der Waals surface area (Å²) in [5.41, 5.74) is 5.58. The number of benzene rings is 2. The van der Waals surface area contributed by atoms with E-state index in [9.17, 15) is 24.2 Å². The monoisotopic (exact) mass is 542 g/mol. The zero-order valence-electron chi connectivity index (χ0n) is 20.9. The minimum Gasteiger partial charge on any atom is -0.493 e. The number of Topliss-reactive ketones (excluding diaryl/α,β-unsaturated/α-hetero) is 1. The number of carbonyl (C=O) groups excluding carboxylic acids is 1. The SMILES string of the molecule is COc1cc(C(=O)CCC(C)(O)c2cc(C(N)C(=O)O)cc(-c3ccc(F)c(Cl)c3)n2)ccc1OC1CC1. The Bertz CT molecular complexity index is 1380. The van der Waals surface area contributed by atoms with Gasteiger partial charge in [0.15, 0.2) is 17.3 Å². The van der Waals surface area contributed by atoms with E-state index >= 15 is 0 Å². The first-order valence-corrected chi connectivity index (χ1v) is 12.4. The van der Waals surface area contributed by atoms with Crippen LogP contribution in [-0.2, 0) is 10.4 Å². The number of pyridine rings is 1. The van der Waals surface area contributed by atoms with Crippen LogP contribution in [0.2, 0.25) is 5.02 Å². The smallest absolute Gasteiger partial charge is 0.325 e. The Morgan fingerprint density at radius 3 is 2.55 bits per heavy atom. The van der Waals surface area contributed by atoms with E-state index in [1.54, 1.807) is 18.2 Å². The molecule has 1 aliphatic carbocycles. The molecule has 2 unspecified atom stereocenters. The van der Waals surface area contributed by atoms with Gasteiger partial charge in [-0.3, -0.25) is 9.59 Å². The maximum Gasteiger partial charge on any atom is 0.325 e. The molecule has 1 fully saturated rings. The predicted molar refractivity (Wildman–Crippen MR) is 139 cm³/mol. The lowest BCUT2D eigenvalue weighted by Crippen LogP contribution is -2.26. The second-order valence-electron chi connectivity index (χ2n) is 9.50. The molecule has 4 N–H and O–H groups in total. The van der Waals surface area contributed by atoms with Crippen molar-refractivity contribution in [3.8, 4) is 22.8 Å². The van der Waals surface area contributed by atoms with E-state index in [1.165, 1.54) is 38.3 Å². The first-order valence-electron chi connectivity index (χ1n) is 12.0. The molecule has 2 aromatic carbocycles. The van der Waals surface area contributed by atoms with Crippen LogP contribution < -0.4 is 15.2 Å². The highest BCUT2D eigenvalue weighted by Gasteiger charge is 2.29. The number of hydrogen-bond donors (Lipinski definition) is 3. The van der Waals surface area contributed by atoms with Gasteiger partial charge < -0.3 is 25.4 Å². The van der Waals surface area contributed by atoms with Gasteiger partial charge in [-0.15, -0.1) is 0 Å². The molecule has 1 aromatic heterocycles. The van der Waals surface area contributed by atoms with Crippen LogP contribution in [0.3, 0.4) is 0 Å². The molecule has 0 aliphatic heterocycles. The number of nitrogens with zero attached hydrogens (tertiary/aromatic N) is 1. The molecule has 1 heterocycles. The van der Waals surface area contributed by atoms with Crippen molar-refractivity contribution in [3.63, 3.8) is 0 Å². The Kier molecular flexibility index (Phi) is 8.01. The highest BCUT2D eigenvalue weighted by Crippen LogP contribution is 2.35. The van der Waals surface area contributed by atoms with E-state index < -0.39 is 23.4 Å². The van der Waals surface area contributed by atoms with Crippen molar-refractivity contribution in [1.82, 2.24) is 4.98 Å². The fraction of sp³-hybridized carbons (Fsp3) is 0.321. The summed E-state index contributed by atoms with van der Waals surface area (Å²) in [7, 11) is 1.50. The first-order chi connectivity index (χ1) is 18.0. The van der Waals surface area contributed by atoms with E-state index in [-0.39, 0.29) is 46.7 Å². The van der Waals surface area contributed by atoms with Gasteiger partial charge in [0.1, 0.15) is 17.5 Å². The van der Waals surface area contributed by atoms with E-state index in [1.807, 2.05) is 0 Å². The van der Waals surface area contributed by atoms with Crippen molar-refractivity contribution >= 4 is 23.4 Å². The molecule has 38 heavy (non-hydrogen) atoms. The molecular weight excluding hydrogens is 515 g/mol. The number of aliphatic hydroxyl groups is 1. The number of aliphatic carboxylic acids is 1. The lowest BCUT2D eigenvalue weighted by atomic mass is 9.90. The number of ketones is 1. The second-order valence-corrected chi connectivity index (χ2v) is 9.90. The van der Waals surface area contributed by atoms with Crippen LogP contribution in [0.25, 0.3) is 11.3 Å². The number of nitrogens with two attached hydrogens (primary N) is 1. The number of carboxylic acids is 1. The van der Waals surface area contributed by atoms with E-state index in [2.05, 4.69) is 4.98 Å². The summed E-state index contributed by atoms with van der Waals surface area (Å²) in [6, 6.07) is 10.3. The molecule has 1 aliphatic rings. The van der Waals surface area contributed by atoms with Crippen LogP contribution >= 0.6 is 11.6 Å². The van der Waals surface area contributed by atoms with Crippen molar-refractivity contribution in [2.75, 3.05) is 7.11 Å². The normalized spacial score (nSPS) is 15.4. The molecule has 10 heteroatoms. The Morgan fingerprint density at radius 1 is 1.18 bits per heavy atom. The van der Waals surface area contributed by atoms with Crippen LogP contribution in [-0.4, -0.2) is 40.2 Å². The van der Waals surface area contributed by atoms with Gasteiger partial charge in [0.2, 0.25) is 0 Å². The molecule has 0 bridgehead atoms. The summed E-state index contributed by atoms with van der Waals surface area (Å²) in [4.78, 5) is 29.0. The number of hydrogen-bond acceptors (Lipinski definition) is 7. The van der Waals surface area contributed by atoms with Gasteiger partial charge in [0.25, 0.3) is 0 Å². The number of carbonyl (C=O) groups is 2. The third-order valence-corrected chi connectivity index (χ3v) is 6.67. The van der Waals surface area contributed by atoms with Crippen LogP contribution in [0.4, 0.5) is 4.39 Å². The van der Waals surface area contributed by atoms with Crippen LogP contribution in [0, 0.1) is 5.82 Å². The maximum absolute atomic E-state index is 13.7. The Morgan fingerprint density at radius 2 is 1.92 bits per heavy atom. The Hall–Kier alpha value is -3.53. The lowest BCUT2D eigenvalue weighted by molar-refractivity contribution is -0.138. The molecule has 0 radical (unpaired) electrons. The summed E-state index contributed by atoms with van der Waals surface area (Å²) in [6.45, 7) is 1.48. The molecule has 0 spiro atoms. The summed E-state index contributed by atoms with van der Waals surface area (Å²) < 4.78 is 24.9. The lowest BCUT2D eigenvalue weighted by Gasteiger charge is -2.24. The largest absolute Gasteiger partial charge is 0.493 e. The highest BCUT2D eigenvalue weighted by atomic mass is 35.5. The molecule has 0 saturated heterocycles. The highest BCUT2D eigenvalue weighted by molar-refractivity contribution is 6.31. The van der Waals surface area contributed by atoms with Crippen molar-refractivity contribution in [2.24, 2.45) is 5.73 Å². The molecule has 0 amide bonds. The van der Waals surface area contributed by atoms with E-state index in [4.69, 9.17) is 26.8 Å². The maximum atomic E-state index is 13.7. The zero-order chi connectivity index (χ0) is 27.6. The minimum absolute atomic E-state index is 0.0170. The van der Waals surface area contributed by atoms with Crippen molar-refractivity contribution < 1.29 is 33.7 Å². The average Bonchev–Trinajstić information content (AvgIpc) is 3.72. The fourth-order valence-electron chi connectivity index (χ4n) is 3.89. The molecule has 1 saturated carbocycles. The van der Waals surface area contributed by atoms with E-state index in [0.717, 1.165) is 18.9 Å². The minimum atomic E-state index is -1.62. The number of aromatic nitrogens is 1. The molecule has 8 nitrogen and oxygen atoms in total. The van der Waals surface area contributed by atoms with Crippen molar-refractivity contribution in [3.05, 3.63) is 76.2 Å². The van der Waals surface area contributed by atoms with Gasteiger partial charge in [-0.25, -0.2) is 9.37 Å². The second kappa shape index (κ2) is 11.1. The number of methoxy groups -OCH3 is 1. The van der Waals surface area contributed by atoms with Gasteiger partial charge in [-0.05, 0) is 80.3 Å². The zero-order valence-corrected chi connectivity index (χ0v) is 21.7. The topological polar surface area (TPSA) is 132 Å². The molecule has 3 aromatic rings. The number of carboxylic acid groups (broad SMARTS) is 1. The third-order valence-electron chi connectivity index (χ3n) is 6.38. The molecular formula is C28H28ClFN2O6. The fourth-order valence-corrected chi connectivity index (χ4v) is 4.07. The Labute approximate surface area is 224 Å². The first kappa shape index (κ1) is 27.5. The van der Waals surface area contributed by atoms with Gasteiger partial charge in [0.05, 0.1) is 29.6 Å². The molecule has 4 rings (SSSR count). The van der Waals surface area contributed by atoms with Crippen molar-refractivity contribution in [2.45, 2.75) is 50.4 Å². The summed E-state index contributed by atoms with van der Waals surface area (Å²) >= 11 is 5.92. The quantitative estimate of drug-likeness (QED) is 0.287. The molecule has 2 atom stereocenters. The predicted octanol–water partition coefficient (Wildman–Crippen LogP) is 5.05. The third kappa shape index (κ3) is 6.30. The standard InChI is InChI=1S/C28H28ClFN2O6/c1-28(36,10-9-22(33)16-4-8-23(24(13-16)37-2)38-18-5-6-18)25-14-17(26(31)27(34)35)12-21(32-25)15-3-7-20(30)19(29)11-15/h3-4,7-8,11-14,18,26,36H,5-6,9-10,31H2,1-2H3,(H,34,35). The molecule has 200 valence electrons. The summed E-state index contributed by atoms with van der Waals surface area (Å²) in [6.07, 6.45) is 2.10. The van der Waals surface area contributed by atoms with Gasteiger partial charge in [-0.2, -0.15) is 0 Å². The average molecular weight is 543 g/mol. The van der Waals surface area contributed by atoms with E-state index in [0.29, 0.717) is 22.6 Å². The Balaban J connectivity index is 1.59. The van der Waals surface area contributed by atoms with Gasteiger partial charge in [-0.1, -0.05) is 11.6 Å². The van der Waals surface area contributed by atoms with Gasteiger partial charge >= 0.3 is 5.97 Å². The van der Waals surface area contributed by atoms with Crippen LogP contribution in [0.15, 0.2) is 48.5 Å². The van der Waals surface area contributed by atoms with Gasteiger partial charge in [0, 0.05) is 17.5 Å².